The van der Waals surface area contributed by atoms with Crippen LogP contribution in [0.5, 0.6) is 0 Å². The molecule has 0 radical (unpaired) electrons. The molecule has 0 aliphatic heterocycles. The Hall–Kier alpha value is -1.22. The van der Waals surface area contributed by atoms with Gasteiger partial charge in [-0.3, -0.25) is 0 Å². The van der Waals surface area contributed by atoms with Gasteiger partial charge >= 0.3 is 5.97 Å². The van der Waals surface area contributed by atoms with Gasteiger partial charge in [-0.25, -0.2) is 4.79 Å². The van der Waals surface area contributed by atoms with Crippen LogP contribution in [0.4, 0.5) is 5.69 Å². The standard InChI is InChI=1S/C12H16ClNO2/c1-7(2)11(12(15)16)14-10-5-4-8(3)6-9(10)13/h4-7,11,14H,1-3H3,(H,15,16)/t11-/m0/s1. The van der Waals surface area contributed by atoms with E-state index in [1.54, 1.807) is 6.07 Å². The molecule has 1 atom stereocenters. The van der Waals surface area contributed by atoms with Gasteiger partial charge in [0.15, 0.2) is 0 Å². The van der Waals surface area contributed by atoms with Gasteiger partial charge in [0.2, 0.25) is 0 Å². The fourth-order valence-corrected chi connectivity index (χ4v) is 1.71. The maximum Gasteiger partial charge on any atom is 0.326 e. The van der Waals surface area contributed by atoms with Gasteiger partial charge in [-0.15, -0.1) is 0 Å². The summed E-state index contributed by atoms with van der Waals surface area (Å²) >= 11 is 6.03. The molecule has 1 rings (SSSR count). The smallest absolute Gasteiger partial charge is 0.326 e. The van der Waals surface area contributed by atoms with Crippen molar-refractivity contribution in [3.63, 3.8) is 0 Å². The van der Waals surface area contributed by atoms with Gasteiger partial charge in [0.05, 0.1) is 10.7 Å². The molecule has 0 bridgehead atoms. The number of benzene rings is 1. The normalized spacial score (nSPS) is 12.6. The van der Waals surface area contributed by atoms with Crippen molar-refractivity contribution in [3.8, 4) is 0 Å². The largest absolute Gasteiger partial charge is 0.480 e. The molecule has 0 fully saturated rings. The Morgan fingerprint density at radius 3 is 2.50 bits per heavy atom. The van der Waals surface area contributed by atoms with Crippen LogP contribution in [0, 0.1) is 12.8 Å². The maximum absolute atomic E-state index is 11.0. The minimum atomic E-state index is -0.869. The predicted octanol–water partition coefficient (Wildman–Crippen LogP) is 3.17. The molecular weight excluding hydrogens is 226 g/mol. The van der Waals surface area contributed by atoms with Gasteiger partial charge in [-0.05, 0) is 30.5 Å². The summed E-state index contributed by atoms with van der Waals surface area (Å²) in [5.41, 5.74) is 1.71. The lowest BCUT2D eigenvalue weighted by Crippen LogP contribution is -2.34. The van der Waals surface area contributed by atoms with Crippen LogP contribution >= 0.6 is 11.6 Å². The average Bonchev–Trinajstić information content (AvgIpc) is 2.15. The first-order valence-corrected chi connectivity index (χ1v) is 5.55. The van der Waals surface area contributed by atoms with Crippen molar-refractivity contribution in [2.45, 2.75) is 26.8 Å². The number of halogens is 1. The minimum absolute atomic E-state index is 0.00475. The summed E-state index contributed by atoms with van der Waals surface area (Å²) in [6.07, 6.45) is 0. The monoisotopic (exact) mass is 241 g/mol. The number of aliphatic carboxylic acids is 1. The van der Waals surface area contributed by atoms with E-state index in [2.05, 4.69) is 5.32 Å². The number of hydrogen-bond donors (Lipinski definition) is 2. The van der Waals surface area contributed by atoms with Crippen molar-refractivity contribution in [1.82, 2.24) is 0 Å². The van der Waals surface area contributed by atoms with Crippen molar-refractivity contribution >= 4 is 23.3 Å². The van der Waals surface area contributed by atoms with Crippen LogP contribution in [0.3, 0.4) is 0 Å². The topological polar surface area (TPSA) is 49.3 Å². The molecule has 16 heavy (non-hydrogen) atoms. The third-order valence-corrected chi connectivity index (χ3v) is 2.68. The highest BCUT2D eigenvalue weighted by molar-refractivity contribution is 6.33. The lowest BCUT2D eigenvalue weighted by molar-refractivity contribution is -0.138. The molecule has 0 saturated heterocycles. The zero-order valence-corrected chi connectivity index (χ0v) is 10.4. The second-order valence-corrected chi connectivity index (χ2v) is 4.59. The number of carboxylic acid groups (broad SMARTS) is 1. The van der Waals surface area contributed by atoms with Crippen LogP contribution in [0.25, 0.3) is 0 Å². The third-order valence-electron chi connectivity index (χ3n) is 2.37. The van der Waals surface area contributed by atoms with Crippen LogP contribution in [0.2, 0.25) is 5.02 Å². The average molecular weight is 242 g/mol. The molecule has 0 spiro atoms. The van der Waals surface area contributed by atoms with E-state index in [0.717, 1.165) is 5.56 Å². The molecule has 4 heteroatoms. The summed E-state index contributed by atoms with van der Waals surface area (Å²) in [4.78, 5) is 11.0. The van der Waals surface area contributed by atoms with Gasteiger partial charge in [0, 0.05) is 0 Å². The third kappa shape index (κ3) is 3.14. The van der Waals surface area contributed by atoms with Crippen molar-refractivity contribution in [2.75, 3.05) is 5.32 Å². The zero-order valence-electron chi connectivity index (χ0n) is 9.62. The van der Waals surface area contributed by atoms with E-state index < -0.39 is 12.0 Å². The molecule has 0 saturated carbocycles. The molecule has 0 aliphatic carbocycles. The molecule has 1 aromatic rings. The Labute approximate surface area is 100 Å². The van der Waals surface area contributed by atoms with Gasteiger partial charge in [0.1, 0.15) is 6.04 Å². The number of anilines is 1. The van der Waals surface area contributed by atoms with E-state index in [9.17, 15) is 4.79 Å². The Morgan fingerprint density at radius 2 is 2.06 bits per heavy atom. The molecule has 0 aromatic heterocycles. The lowest BCUT2D eigenvalue weighted by atomic mass is 10.0. The van der Waals surface area contributed by atoms with E-state index in [-0.39, 0.29) is 5.92 Å². The van der Waals surface area contributed by atoms with Crippen molar-refractivity contribution in [3.05, 3.63) is 28.8 Å². The molecule has 0 aliphatic rings. The first kappa shape index (κ1) is 12.8. The first-order chi connectivity index (χ1) is 7.41. The first-order valence-electron chi connectivity index (χ1n) is 5.17. The Kier molecular flexibility index (Phi) is 4.19. The molecule has 1 aromatic carbocycles. The number of nitrogens with one attached hydrogen (secondary N) is 1. The highest BCUT2D eigenvalue weighted by atomic mass is 35.5. The van der Waals surface area contributed by atoms with Crippen LogP contribution in [-0.2, 0) is 4.79 Å². The summed E-state index contributed by atoms with van der Waals surface area (Å²) < 4.78 is 0. The van der Waals surface area contributed by atoms with E-state index >= 15 is 0 Å². The summed E-state index contributed by atoms with van der Waals surface area (Å²) in [5, 5.41) is 12.5. The van der Waals surface area contributed by atoms with Crippen LogP contribution in [0.15, 0.2) is 18.2 Å². The maximum atomic E-state index is 11.0. The van der Waals surface area contributed by atoms with Crippen LogP contribution < -0.4 is 5.32 Å². The van der Waals surface area contributed by atoms with Gasteiger partial charge in [0.25, 0.3) is 0 Å². The SMILES string of the molecule is Cc1ccc(N[C@H](C(=O)O)C(C)C)c(Cl)c1. The quantitative estimate of drug-likeness (QED) is 0.851. The molecule has 0 amide bonds. The number of aryl methyl sites for hydroxylation is 1. The second kappa shape index (κ2) is 5.21. The van der Waals surface area contributed by atoms with Crippen LogP contribution in [0.1, 0.15) is 19.4 Å². The van der Waals surface area contributed by atoms with Gasteiger partial charge in [-0.1, -0.05) is 31.5 Å². The highest BCUT2D eigenvalue weighted by Crippen LogP contribution is 2.24. The fourth-order valence-electron chi connectivity index (χ4n) is 1.42. The molecule has 88 valence electrons. The Morgan fingerprint density at radius 1 is 1.44 bits per heavy atom. The zero-order chi connectivity index (χ0) is 12.3. The van der Waals surface area contributed by atoms with E-state index in [0.29, 0.717) is 10.7 Å². The van der Waals surface area contributed by atoms with E-state index in [4.69, 9.17) is 16.7 Å². The van der Waals surface area contributed by atoms with Gasteiger partial charge in [-0.2, -0.15) is 0 Å². The van der Waals surface area contributed by atoms with E-state index in [1.165, 1.54) is 0 Å². The van der Waals surface area contributed by atoms with Crippen LogP contribution in [-0.4, -0.2) is 17.1 Å². The number of rotatable bonds is 4. The van der Waals surface area contributed by atoms with Gasteiger partial charge < -0.3 is 10.4 Å². The van der Waals surface area contributed by atoms with Crippen molar-refractivity contribution in [1.29, 1.82) is 0 Å². The summed E-state index contributed by atoms with van der Waals surface area (Å²) in [5.74, 6) is -0.874. The number of carboxylic acids is 1. The number of carbonyl (C=O) groups is 1. The predicted molar refractivity (Wildman–Crippen MR) is 66.1 cm³/mol. The van der Waals surface area contributed by atoms with Crippen molar-refractivity contribution < 1.29 is 9.90 Å². The summed E-state index contributed by atoms with van der Waals surface area (Å²) in [7, 11) is 0. The lowest BCUT2D eigenvalue weighted by Gasteiger charge is -2.20. The molecule has 3 nitrogen and oxygen atoms in total. The summed E-state index contributed by atoms with van der Waals surface area (Å²) in [6.45, 7) is 5.65. The van der Waals surface area contributed by atoms with Crippen molar-refractivity contribution in [2.24, 2.45) is 5.92 Å². The molecule has 0 heterocycles. The number of hydrogen-bond acceptors (Lipinski definition) is 2. The summed E-state index contributed by atoms with van der Waals surface area (Å²) in [6, 6.07) is 4.88. The Balaban J connectivity index is 2.90. The molecule has 2 N–H and O–H groups in total. The second-order valence-electron chi connectivity index (χ2n) is 4.19. The van der Waals surface area contributed by atoms with E-state index in [1.807, 2.05) is 32.9 Å². The molecular formula is C12H16ClNO2. The Bertz CT molecular complexity index is 391. The molecule has 0 unspecified atom stereocenters. The minimum Gasteiger partial charge on any atom is -0.480 e. The highest BCUT2D eigenvalue weighted by Gasteiger charge is 2.21. The fraction of sp³-hybridized carbons (Fsp3) is 0.417.